The number of amides is 1. The van der Waals surface area contributed by atoms with Crippen molar-refractivity contribution in [3.63, 3.8) is 0 Å². The number of hydrogen-bond donors (Lipinski definition) is 2. The number of nitrogens with one attached hydrogen (secondary N) is 2. The first-order chi connectivity index (χ1) is 18.6. The van der Waals surface area contributed by atoms with Crippen LogP contribution in [0.3, 0.4) is 0 Å². The van der Waals surface area contributed by atoms with Gasteiger partial charge in [-0.3, -0.25) is 0 Å². The molecule has 9 nitrogen and oxygen atoms in total. The third-order valence-corrected chi connectivity index (χ3v) is 6.23. The topological polar surface area (TPSA) is 106 Å². The maximum absolute atomic E-state index is 13.2. The lowest BCUT2D eigenvalue weighted by atomic mass is 10.2. The van der Waals surface area contributed by atoms with E-state index in [-0.39, 0.29) is 13.1 Å². The molecular weight excluding hydrogens is 520 g/mol. The van der Waals surface area contributed by atoms with Crippen molar-refractivity contribution in [2.75, 3.05) is 18.4 Å². The molecule has 0 bridgehead atoms. The summed E-state index contributed by atoms with van der Waals surface area (Å²) in [5.41, 5.74) is 1.16. The van der Waals surface area contributed by atoms with Crippen LogP contribution in [0, 0.1) is 0 Å². The maximum atomic E-state index is 13.2. The highest BCUT2D eigenvalue weighted by Gasteiger charge is 2.40. The zero-order valence-electron chi connectivity index (χ0n) is 21.8. The number of fused-ring (bicyclic) bond motifs is 1. The van der Waals surface area contributed by atoms with Gasteiger partial charge in [-0.15, -0.1) is 0 Å². The molecule has 1 aliphatic heterocycles. The second-order valence-electron chi connectivity index (χ2n) is 10.3. The molecule has 39 heavy (non-hydrogen) atoms. The Morgan fingerprint density at radius 2 is 1.77 bits per heavy atom. The Balaban J connectivity index is 1.33. The summed E-state index contributed by atoms with van der Waals surface area (Å²) in [6.45, 7) is 5.82. The molecule has 0 unspecified atom stereocenters. The summed E-state index contributed by atoms with van der Waals surface area (Å²) in [6, 6.07) is 21.0. The number of hydrogen-bond acceptors (Lipinski definition) is 7. The van der Waals surface area contributed by atoms with Crippen molar-refractivity contribution in [2.45, 2.75) is 38.5 Å². The molecule has 2 atom stereocenters. The fourth-order valence-electron chi connectivity index (χ4n) is 4.25. The number of H-pyrrole nitrogens is 1. The summed E-state index contributed by atoms with van der Waals surface area (Å²) in [7, 11) is 0. The van der Waals surface area contributed by atoms with Crippen LogP contribution in [0.4, 0.5) is 10.7 Å². The Kier molecular flexibility index (Phi) is 7.34. The van der Waals surface area contributed by atoms with Crippen LogP contribution in [-0.4, -0.2) is 57.8 Å². The van der Waals surface area contributed by atoms with Gasteiger partial charge < -0.3 is 29.4 Å². The van der Waals surface area contributed by atoms with E-state index in [0.29, 0.717) is 28.0 Å². The predicted molar refractivity (Wildman–Crippen MR) is 148 cm³/mol. The lowest BCUT2D eigenvalue weighted by molar-refractivity contribution is 0.0187. The van der Waals surface area contributed by atoms with E-state index in [1.54, 1.807) is 57.2 Å². The van der Waals surface area contributed by atoms with Crippen molar-refractivity contribution >= 4 is 40.6 Å². The number of carbonyl (C=O) groups excluding carboxylic acids is 2. The summed E-state index contributed by atoms with van der Waals surface area (Å²) >= 11 is 6.11. The number of esters is 1. The SMILES string of the molecule is CC(C)(C)OC(=O)N1C[C@H](Nc2nc3ccc(Cl)cc3[nH]2)[C@@H](OC(=O)c2cccc(Oc3ccccc3)c2)C1. The molecule has 0 saturated carbocycles. The van der Waals surface area contributed by atoms with E-state index in [1.807, 2.05) is 36.4 Å². The van der Waals surface area contributed by atoms with Gasteiger partial charge in [-0.25, -0.2) is 14.6 Å². The van der Waals surface area contributed by atoms with Crippen molar-refractivity contribution in [3.05, 3.63) is 83.4 Å². The molecular formula is C29H29ClN4O5. The molecule has 0 aliphatic carbocycles. The van der Waals surface area contributed by atoms with Gasteiger partial charge in [0.2, 0.25) is 5.95 Å². The molecule has 10 heteroatoms. The monoisotopic (exact) mass is 548 g/mol. The van der Waals surface area contributed by atoms with Crippen molar-refractivity contribution in [1.82, 2.24) is 14.9 Å². The molecule has 1 aromatic heterocycles. The summed E-state index contributed by atoms with van der Waals surface area (Å²) in [5.74, 6) is 1.10. The van der Waals surface area contributed by atoms with E-state index in [1.165, 1.54) is 4.90 Å². The molecule has 1 aliphatic rings. The molecule has 4 aromatic rings. The quantitative estimate of drug-likeness (QED) is 0.274. The van der Waals surface area contributed by atoms with Crippen LogP contribution >= 0.6 is 11.6 Å². The Morgan fingerprint density at radius 3 is 2.54 bits per heavy atom. The first-order valence-electron chi connectivity index (χ1n) is 12.6. The molecule has 202 valence electrons. The highest BCUT2D eigenvalue weighted by molar-refractivity contribution is 6.31. The van der Waals surface area contributed by atoms with Crippen molar-refractivity contribution in [1.29, 1.82) is 0 Å². The second kappa shape index (κ2) is 10.9. The Morgan fingerprint density at radius 1 is 1.00 bits per heavy atom. The largest absolute Gasteiger partial charge is 0.457 e. The number of aromatic amines is 1. The van der Waals surface area contributed by atoms with Gasteiger partial charge in [0.25, 0.3) is 0 Å². The summed E-state index contributed by atoms with van der Waals surface area (Å²) in [4.78, 5) is 35.3. The zero-order valence-corrected chi connectivity index (χ0v) is 22.6. The van der Waals surface area contributed by atoms with Gasteiger partial charge >= 0.3 is 12.1 Å². The number of halogens is 1. The molecule has 3 aromatic carbocycles. The van der Waals surface area contributed by atoms with E-state index in [4.69, 9.17) is 25.8 Å². The lowest BCUT2D eigenvalue weighted by Crippen LogP contribution is -2.36. The van der Waals surface area contributed by atoms with Gasteiger partial charge in [0.05, 0.1) is 29.2 Å². The molecule has 0 spiro atoms. The zero-order chi connectivity index (χ0) is 27.6. The van der Waals surface area contributed by atoms with Crippen LogP contribution in [0.15, 0.2) is 72.8 Å². The third kappa shape index (κ3) is 6.61. The molecule has 5 rings (SSSR count). The highest BCUT2D eigenvalue weighted by Crippen LogP contribution is 2.26. The van der Waals surface area contributed by atoms with Gasteiger partial charge in [-0.2, -0.15) is 0 Å². The normalized spacial score (nSPS) is 17.2. The number of carbonyl (C=O) groups is 2. The predicted octanol–water partition coefficient (Wildman–Crippen LogP) is 6.27. The van der Waals surface area contributed by atoms with Gasteiger partial charge in [0, 0.05) is 11.6 Å². The van der Waals surface area contributed by atoms with Crippen molar-refractivity contribution < 1.29 is 23.8 Å². The third-order valence-electron chi connectivity index (χ3n) is 5.99. The smallest absolute Gasteiger partial charge is 0.410 e. The first-order valence-corrected chi connectivity index (χ1v) is 12.9. The van der Waals surface area contributed by atoms with E-state index in [0.717, 1.165) is 11.0 Å². The van der Waals surface area contributed by atoms with Crippen LogP contribution in [0.1, 0.15) is 31.1 Å². The number of aromatic nitrogens is 2. The number of anilines is 1. The van der Waals surface area contributed by atoms with Crippen molar-refractivity contribution in [2.24, 2.45) is 0 Å². The number of likely N-dealkylation sites (tertiary alicyclic amines) is 1. The van der Waals surface area contributed by atoms with Crippen LogP contribution in [0.2, 0.25) is 5.02 Å². The fraction of sp³-hybridized carbons (Fsp3) is 0.276. The van der Waals surface area contributed by atoms with E-state index < -0.39 is 29.8 Å². The first kappa shape index (κ1) is 26.4. The Labute approximate surface area is 231 Å². The molecule has 2 heterocycles. The minimum Gasteiger partial charge on any atom is -0.457 e. The maximum Gasteiger partial charge on any atom is 0.410 e. The average molecular weight is 549 g/mol. The average Bonchev–Trinajstić information content (AvgIpc) is 3.47. The standard InChI is InChI=1S/C29H29ClN4O5/c1-29(2,3)39-28(36)34-16-24(33-27-31-22-13-12-19(30)15-23(22)32-27)25(17-34)38-26(35)18-8-7-11-21(14-18)37-20-9-5-4-6-10-20/h4-15,24-25H,16-17H2,1-3H3,(H2,31,32,33)/t24-,25-/m0/s1. The van der Waals surface area contributed by atoms with E-state index >= 15 is 0 Å². The summed E-state index contributed by atoms with van der Waals surface area (Å²) in [6.07, 6.45) is -1.15. The lowest BCUT2D eigenvalue weighted by Gasteiger charge is -2.24. The highest BCUT2D eigenvalue weighted by atomic mass is 35.5. The molecule has 0 radical (unpaired) electrons. The Bertz CT molecular complexity index is 1480. The van der Waals surface area contributed by atoms with Crippen LogP contribution < -0.4 is 10.1 Å². The molecule has 1 fully saturated rings. The minimum atomic E-state index is -0.666. The number of para-hydroxylation sites is 1. The van der Waals surface area contributed by atoms with Crippen LogP contribution in [0.25, 0.3) is 11.0 Å². The molecule has 1 saturated heterocycles. The molecule has 2 N–H and O–H groups in total. The fourth-order valence-corrected chi connectivity index (χ4v) is 4.42. The molecule has 1 amide bonds. The van der Waals surface area contributed by atoms with Gasteiger partial charge in [0.15, 0.2) is 0 Å². The number of benzene rings is 3. The number of ether oxygens (including phenoxy) is 3. The van der Waals surface area contributed by atoms with Gasteiger partial charge in [-0.05, 0) is 69.3 Å². The number of rotatable bonds is 6. The van der Waals surface area contributed by atoms with Crippen LogP contribution in [-0.2, 0) is 9.47 Å². The number of nitrogens with zero attached hydrogens (tertiary/aromatic N) is 2. The van der Waals surface area contributed by atoms with E-state index in [9.17, 15) is 9.59 Å². The Hall–Kier alpha value is -4.24. The van der Waals surface area contributed by atoms with Crippen LogP contribution in [0.5, 0.6) is 11.5 Å². The second-order valence-corrected chi connectivity index (χ2v) is 10.7. The minimum absolute atomic E-state index is 0.157. The van der Waals surface area contributed by atoms with Gasteiger partial charge in [-0.1, -0.05) is 35.9 Å². The van der Waals surface area contributed by atoms with Crippen molar-refractivity contribution in [3.8, 4) is 11.5 Å². The summed E-state index contributed by atoms with van der Waals surface area (Å²) < 4.78 is 17.3. The van der Waals surface area contributed by atoms with E-state index in [2.05, 4.69) is 15.3 Å². The van der Waals surface area contributed by atoms with Gasteiger partial charge in [0.1, 0.15) is 23.2 Å². The summed E-state index contributed by atoms with van der Waals surface area (Å²) in [5, 5.41) is 3.87. The number of imidazole rings is 1.